The van der Waals surface area contributed by atoms with Crippen LogP contribution in [0.4, 0.5) is 0 Å². The molecule has 31 heavy (non-hydrogen) atoms. The third-order valence-corrected chi connectivity index (χ3v) is 5.30. The van der Waals surface area contributed by atoms with E-state index in [1.165, 1.54) is 6.07 Å². The van der Waals surface area contributed by atoms with Crippen molar-refractivity contribution in [3.63, 3.8) is 0 Å². The number of nitriles is 1. The van der Waals surface area contributed by atoms with Gasteiger partial charge in [0.15, 0.2) is 6.61 Å². The van der Waals surface area contributed by atoms with Gasteiger partial charge in [-0.2, -0.15) is 5.26 Å². The fourth-order valence-electron chi connectivity index (χ4n) is 3.25. The topological polar surface area (TPSA) is 120 Å². The van der Waals surface area contributed by atoms with Gasteiger partial charge in [-0.05, 0) is 43.4 Å². The lowest BCUT2D eigenvalue weighted by molar-refractivity contribution is -0.130. The molecule has 0 saturated carbocycles. The van der Waals surface area contributed by atoms with Crippen LogP contribution in [-0.4, -0.2) is 43.0 Å². The van der Waals surface area contributed by atoms with Gasteiger partial charge in [0.05, 0.1) is 11.1 Å². The molecule has 0 spiro atoms. The Morgan fingerprint density at radius 1 is 1.32 bits per heavy atom. The van der Waals surface area contributed by atoms with Gasteiger partial charge in [0.25, 0.3) is 5.91 Å². The largest absolute Gasteiger partial charge is 0.482 e. The van der Waals surface area contributed by atoms with Crippen molar-refractivity contribution in [2.24, 2.45) is 11.8 Å². The minimum atomic E-state index is -0.843. The molecule has 3 amide bonds. The van der Waals surface area contributed by atoms with Crippen molar-refractivity contribution in [3.8, 4) is 11.8 Å². The fourth-order valence-corrected chi connectivity index (χ4v) is 3.71. The van der Waals surface area contributed by atoms with Crippen LogP contribution >= 0.6 is 23.2 Å². The Bertz CT molecular complexity index is 856. The highest BCUT2D eigenvalue weighted by molar-refractivity contribution is 6.35. The van der Waals surface area contributed by atoms with Crippen molar-refractivity contribution in [2.75, 3.05) is 13.2 Å². The minimum absolute atomic E-state index is 0.112. The summed E-state index contributed by atoms with van der Waals surface area (Å²) in [4.78, 5) is 36.9. The minimum Gasteiger partial charge on any atom is -0.482 e. The maximum Gasteiger partial charge on any atom is 0.258 e. The lowest BCUT2D eigenvalue weighted by Crippen LogP contribution is -2.51. The molecule has 2 rings (SSSR count). The molecule has 10 heteroatoms. The number of rotatable bonds is 10. The second kappa shape index (κ2) is 11.8. The number of hydrogen-bond acceptors (Lipinski definition) is 5. The van der Waals surface area contributed by atoms with E-state index in [0.29, 0.717) is 30.2 Å². The highest BCUT2D eigenvalue weighted by Crippen LogP contribution is 2.27. The number of nitrogens with zero attached hydrogens (tertiary/aromatic N) is 1. The molecular formula is C21H26Cl2N4O4. The first-order valence-corrected chi connectivity index (χ1v) is 10.8. The number of amides is 3. The first-order chi connectivity index (χ1) is 14.7. The third kappa shape index (κ3) is 7.93. The number of benzene rings is 1. The molecule has 0 unspecified atom stereocenters. The van der Waals surface area contributed by atoms with Gasteiger partial charge in [0.1, 0.15) is 17.8 Å². The normalized spacial score (nSPS) is 17.4. The molecule has 1 aliphatic heterocycles. The highest BCUT2D eigenvalue weighted by Gasteiger charge is 2.30. The molecule has 1 saturated heterocycles. The zero-order valence-corrected chi connectivity index (χ0v) is 18.9. The SMILES string of the molecule is CC(C)C[C@H](NC(=O)COc1ccc(Cl)cc1Cl)C(=O)N[C@H](C#N)C[C@@H]1CCNC1=O. The molecule has 0 aliphatic carbocycles. The lowest BCUT2D eigenvalue weighted by Gasteiger charge is -2.22. The summed E-state index contributed by atoms with van der Waals surface area (Å²) in [6, 6.07) is 4.99. The Kier molecular flexibility index (Phi) is 9.41. The molecule has 8 nitrogen and oxygen atoms in total. The monoisotopic (exact) mass is 468 g/mol. The maximum atomic E-state index is 12.8. The van der Waals surface area contributed by atoms with Crippen LogP contribution in [0.2, 0.25) is 10.0 Å². The molecule has 168 valence electrons. The van der Waals surface area contributed by atoms with E-state index in [0.717, 1.165) is 0 Å². The Morgan fingerprint density at radius 3 is 2.65 bits per heavy atom. The summed E-state index contributed by atoms with van der Waals surface area (Å²) in [5, 5.41) is 18.1. The number of ether oxygens (including phenoxy) is 1. The standard InChI is InChI=1S/C21H26Cl2N4O4/c1-12(2)7-17(21(30)26-15(10-24)8-13-5-6-25-20(13)29)27-19(28)11-31-18-4-3-14(22)9-16(18)23/h3-4,9,12-13,15,17H,5-8,11H2,1-2H3,(H,25,29)(H,26,30)(H,27,28)/t13-,15-,17-/m0/s1. The number of halogens is 2. The van der Waals surface area contributed by atoms with Crippen LogP contribution in [-0.2, 0) is 14.4 Å². The second-order valence-electron chi connectivity index (χ2n) is 7.82. The predicted octanol–water partition coefficient (Wildman–Crippen LogP) is 2.44. The molecule has 0 aromatic heterocycles. The van der Waals surface area contributed by atoms with Crippen LogP contribution in [0.25, 0.3) is 0 Å². The molecule has 1 fully saturated rings. The lowest BCUT2D eigenvalue weighted by atomic mass is 9.98. The number of carbonyl (C=O) groups excluding carboxylic acids is 3. The molecule has 1 aromatic rings. The van der Waals surface area contributed by atoms with Crippen LogP contribution < -0.4 is 20.7 Å². The maximum absolute atomic E-state index is 12.8. The van der Waals surface area contributed by atoms with E-state index in [1.807, 2.05) is 19.9 Å². The van der Waals surface area contributed by atoms with Crippen molar-refractivity contribution in [1.29, 1.82) is 5.26 Å². The van der Waals surface area contributed by atoms with E-state index < -0.39 is 23.9 Å². The van der Waals surface area contributed by atoms with Crippen LogP contribution in [0.5, 0.6) is 5.75 Å². The van der Waals surface area contributed by atoms with Crippen molar-refractivity contribution in [3.05, 3.63) is 28.2 Å². The van der Waals surface area contributed by atoms with E-state index in [2.05, 4.69) is 16.0 Å². The second-order valence-corrected chi connectivity index (χ2v) is 8.66. The van der Waals surface area contributed by atoms with Crippen molar-refractivity contribution >= 4 is 40.9 Å². The van der Waals surface area contributed by atoms with Gasteiger partial charge in [-0.15, -0.1) is 0 Å². The van der Waals surface area contributed by atoms with Crippen LogP contribution in [0.15, 0.2) is 18.2 Å². The molecule has 1 aromatic carbocycles. The molecular weight excluding hydrogens is 443 g/mol. The fraction of sp³-hybridized carbons (Fsp3) is 0.524. The Balaban J connectivity index is 1.94. The third-order valence-electron chi connectivity index (χ3n) is 4.77. The smallest absolute Gasteiger partial charge is 0.258 e. The number of hydrogen-bond donors (Lipinski definition) is 3. The van der Waals surface area contributed by atoms with Gasteiger partial charge in [0.2, 0.25) is 11.8 Å². The molecule has 3 atom stereocenters. The van der Waals surface area contributed by atoms with Crippen LogP contribution in [0.1, 0.15) is 33.1 Å². The van der Waals surface area contributed by atoms with Crippen molar-refractivity contribution in [1.82, 2.24) is 16.0 Å². The molecule has 0 bridgehead atoms. The Labute approximate surface area is 191 Å². The van der Waals surface area contributed by atoms with Crippen LogP contribution in [0.3, 0.4) is 0 Å². The van der Waals surface area contributed by atoms with E-state index >= 15 is 0 Å². The molecule has 0 radical (unpaired) electrons. The van der Waals surface area contributed by atoms with Gasteiger partial charge in [-0.25, -0.2) is 0 Å². The number of carbonyl (C=O) groups is 3. The summed E-state index contributed by atoms with van der Waals surface area (Å²) >= 11 is 11.9. The summed E-state index contributed by atoms with van der Waals surface area (Å²) in [7, 11) is 0. The molecule has 1 heterocycles. The van der Waals surface area contributed by atoms with E-state index in [1.54, 1.807) is 12.1 Å². The summed E-state index contributed by atoms with van der Waals surface area (Å²) in [6.07, 6.45) is 1.24. The zero-order chi connectivity index (χ0) is 23.0. The van der Waals surface area contributed by atoms with E-state index in [4.69, 9.17) is 27.9 Å². The van der Waals surface area contributed by atoms with Gasteiger partial charge >= 0.3 is 0 Å². The van der Waals surface area contributed by atoms with Gasteiger partial charge in [-0.1, -0.05) is 37.0 Å². The highest BCUT2D eigenvalue weighted by atomic mass is 35.5. The first kappa shape index (κ1) is 24.8. The number of nitrogens with one attached hydrogen (secondary N) is 3. The van der Waals surface area contributed by atoms with Crippen LogP contribution in [0, 0.1) is 23.2 Å². The Hall–Kier alpha value is -2.50. The summed E-state index contributed by atoms with van der Waals surface area (Å²) < 4.78 is 5.41. The summed E-state index contributed by atoms with van der Waals surface area (Å²) in [5.41, 5.74) is 0. The molecule has 3 N–H and O–H groups in total. The van der Waals surface area contributed by atoms with Gasteiger partial charge in [0, 0.05) is 17.5 Å². The average molecular weight is 469 g/mol. The van der Waals surface area contributed by atoms with Gasteiger partial charge in [-0.3, -0.25) is 14.4 Å². The average Bonchev–Trinajstić information content (AvgIpc) is 3.10. The Morgan fingerprint density at radius 2 is 2.06 bits per heavy atom. The predicted molar refractivity (Wildman–Crippen MR) is 117 cm³/mol. The zero-order valence-electron chi connectivity index (χ0n) is 17.4. The summed E-state index contributed by atoms with van der Waals surface area (Å²) in [5.74, 6) is -0.985. The molecule has 1 aliphatic rings. The summed E-state index contributed by atoms with van der Waals surface area (Å²) in [6.45, 7) is 4.06. The van der Waals surface area contributed by atoms with E-state index in [-0.39, 0.29) is 35.8 Å². The first-order valence-electron chi connectivity index (χ1n) is 10.0. The van der Waals surface area contributed by atoms with Crippen molar-refractivity contribution < 1.29 is 19.1 Å². The van der Waals surface area contributed by atoms with Crippen molar-refractivity contribution in [2.45, 2.75) is 45.2 Å². The van der Waals surface area contributed by atoms with Gasteiger partial charge < -0.3 is 20.7 Å². The quantitative estimate of drug-likeness (QED) is 0.486. The van der Waals surface area contributed by atoms with E-state index in [9.17, 15) is 19.6 Å².